The number of ether oxygens (including phenoxy) is 1. The Bertz CT molecular complexity index is 1360. The first-order valence-electron chi connectivity index (χ1n) is 11.0. The van der Waals surface area contributed by atoms with Crippen LogP contribution in [-0.2, 0) is 4.79 Å². The smallest absolute Gasteiger partial charge is 0.269 e. The number of non-ortho nitro benzene ring substituents is 1. The van der Waals surface area contributed by atoms with Gasteiger partial charge >= 0.3 is 0 Å². The van der Waals surface area contributed by atoms with Crippen molar-refractivity contribution >= 4 is 40.3 Å². The molecule has 0 aromatic heterocycles. The highest BCUT2D eigenvalue weighted by Crippen LogP contribution is 2.33. The molecule has 3 aromatic rings. The molecule has 200 valence electrons. The number of hydrogen-bond donors (Lipinski definition) is 1. The summed E-state index contributed by atoms with van der Waals surface area (Å²) in [6, 6.07) is 9.89. The topological polar surface area (TPSA) is 87.9 Å². The molecule has 1 aliphatic heterocycles. The summed E-state index contributed by atoms with van der Waals surface area (Å²) in [7, 11) is 0. The number of carbonyl (C=O) groups is 1. The number of nitro benzene ring substituents is 1. The van der Waals surface area contributed by atoms with Gasteiger partial charge in [0.05, 0.1) is 15.6 Å². The van der Waals surface area contributed by atoms with Crippen LogP contribution in [-0.4, -0.2) is 43.6 Å². The molecule has 14 heteroatoms. The van der Waals surface area contributed by atoms with E-state index in [4.69, 9.17) is 16.3 Å². The number of nitro groups is 1. The number of halogens is 6. The van der Waals surface area contributed by atoms with Crippen molar-refractivity contribution in [1.29, 1.82) is 0 Å². The molecule has 1 amide bonds. The minimum Gasteiger partial charge on any atom is -0.484 e. The molecule has 38 heavy (non-hydrogen) atoms. The maximum Gasteiger partial charge on any atom is 0.269 e. The molecule has 0 saturated carbocycles. The van der Waals surface area contributed by atoms with Gasteiger partial charge in [0.15, 0.2) is 29.9 Å². The first-order chi connectivity index (χ1) is 18.1. The second-order valence-electron chi connectivity index (χ2n) is 8.15. The first kappa shape index (κ1) is 26.9. The summed E-state index contributed by atoms with van der Waals surface area (Å²) >= 11 is 6.37. The van der Waals surface area contributed by atoms with Gasteiger partial charge < -0.3 is 19.9 Å². The summed E-state index contributed by atoms with van der Waals surface area (Å²) in [5.41, 5.74) is -0.184. The van der Waals surface area contributed by atoms with Crippen molar-refractivity contribution < 1.29 is 36.4 Å². The Labute approximate surface area is 217 Å². The molecule has 8 nitrogen and oxygen atoms in total. The van der Waals surface area contributed by atoms with Gasteiger partial charge in [0.25, 0.3) is 11.6 Å². The molecule has 0 radical (unpaired) electrons. The van der Waals surface area contributed by atoms with Crippen LogP contribution in [0.15, 0.2) is 42.5 Å². The van der Waals surface area contributed by atoms with Crippen molar-refractivity contribution in [2.24, 2.45) is 0 Å². The van der Waals surface area contributed by atoms with Crippen molar-refractivity contribution in [3.05, 3.63) is 86.7 Å². The Hall–Kier alpha value is -4.13. The molecular formula is C24H18ClF5N4O4. The molecule has 0 aliphatic carbocycles. The number of anilines is 3. The average molecular weight is 557 g/mol. The number of nitrogens with one attached hydrogen (secondary N) is 1. The number of nitrogens with zero attached hydrogens (tertiary/aromatic N) is 3. The minimum absolute atomic E-state index is 0.0346. The summed E-state index contributed by atoms with van der Waals surface area (Å²) in [5, 5.41) is 13.5. The highest BCUT2D eigenvalue weighted by atomic mass is 35.5. The zero-order valence-electron chi connectivity index (χ0n) is 19.3. The van der Waals surface area contributed by atoms with Gasteiger partial charge in [0.2, 0.25) is 5.82 Å². The fraction of sp³-hybridized carbons (Fsp3) is 0.208. The molecule has 3 aromatic carbocycles. The Kier molecular flexibility index (Phi) is 7.86. The maximum atomic E-state index is 14.2. The Morgan fingerprint density at radius 3 is 2.00 bits per heavy atom. The van der Waals surface area contributed by atoms with Crippen molar-refractivity contribution in [2.45, 2.75) is 0 Å². The van der Waals surface area contributed by atoms with Crippen molar-refractivity contribution in [1.82, 2.24) is 0 Å². The van der Waals surface area contributed by atoms with E-state index in [1.807, 2.05) is 0 Å². The molecule has 0 spiro atoms. The molecule has 1 aliphatic rings. The number of piperazine rings is 1. The third-order valence-corrected chi connectivity index (χ3v) is 6.07. The molecule has 4 rings (SSSR count). The van der Waals surface area contributed by atoms with E-state index >= 15 is 0 Å². The second kappa shape index (κ2) is 11.1. The van der Waals surface area contributed by atoms with Crippen LogP contribution < -0.4 is 19.9 Å². The van der Waals surface area contributed by atoms with Gasteiger partial charge in [-0.25, -0.2) is 22.0 Å². The first-order valence-corrected chi connectivity index (χ1v) is 11.4. The molecule has 0 atom stereocenters. The molecule has 1 saturated heterocycles. The largest absolute Gasteiger partial charge is 0.484 e. The van der Waals surface area contributed by atoms with E-state index in [-0.39, 0.29) is 49.2 Å². The number of hydrogen-bond acceptors (Lipinski definition) is 6. The van der Waals surface area contributed by atoms with Crippen molar-refractivity contribution in [3.8, 4) is 5.75 Å². The number of benzene rings is 3. The third-order valence-electron chi connectivity index (χ3n) is 5.77. The van der Waals surface area contributed by atoms with Crippen LogP contribution in [0.2, 0.25) is 5.02 Å². The average Bonchev–Trinajstić information content (AvgIpc) is 2.90. The fourth-order valence-electron chi connectivity index (χ4n) is 3.89. The van der Waals surface area contributed by atoms with E-state index in [1.165, 1.54) is 30.3 Å². The van der Waals surface area contributed by atoms with Crippen molar-refractivity contribution in [2.75, 3.05) is 47.9 Å². The highest BCUT2D eigenvalue weighted by Gasteiger charge is 2.31. The van der Waals surface area contributed by atoms with Crippen LogP contribution in [0.1, 0.15) is 0 Å². The van der Waals surface area contributed by atoms with E-state index in [2.05, 4.69) is 5.32 Å². The van der Waals surface area contributed by atoms with Crippen LogP contribution >= 0.6 is 11.6 Å². The summed E-state index contributed by atoms with van der Waals surface area (Å²) in [4.78, 5) is 25.2. The molecular weight excluding hydrogens is 539 g/mol. The van der Waals surface area contributed by atoms with E-state index in [0.717, 1.165) is 4.90 Å². The zero-order valence-corrected chi connectivity index (χ0v) is 20.1. The number of carbonyl (C=O) groups excluding carboxylic acids is 1. The number of amides is 1. The maximum absolute atomic E-state index is 14.2. The van der Waals surface area contributed by atoms with Gasteiger partial charge in [0.1, 0.15) is 11.4 Å². The van der Waals surface area contributed by atoms with Gasteiger partial charge in [0, 0.05) is 44.0 Å². The zero-order chi connectivity index (χ0) is 27.6. The highest BCUT2D eigenvalue weighted by molar-refractivity contribution is 6.33. The second-order valence-corrected chi connectivity index (χ2v) is 8.55. The minimum atomic E-state index is -2.21. The quantitative estimate of drug-likeness (QED) is 0.140. The van der Waals surface area contributed by atoms with Crippen LogP contribution in [0.3, 0.4) is 0 Å². The predicted molar refractivity (Wildman–Crippen MR) is 129 cm³/mol. The van der Waals surface area contributed by atoms with Gasteiger partial charge in [-0.05, 0) is 30.3 Å². The van der Waals surface area contributed by atoms with Gasteiger partial charge in [-0.15, -0.1) is 0 Å². The van der Waals surface area contributed by atoms with E-state index in [0.29, 0.717) is 11.4 Å². The summed E-state index contributed by atoms with van der Waals surface area (Å²) < 4.78 is 74.1. The predicted octanol–water partition coefficient (Wildman–Crippen LogP) is 5.29. The summed E-state index contributed by atoms with van der Waals surface area (Å²) in [6.45, 7) is -0.0842. The normalized spacial score (nSPS) is 13.4. The Morgan fingerprint density at radius 1 is 0.895 bits per heavy atom. The van der Waals surface area contributed by atoms with E-state index in [1.54, 1.807) is 17.0 Å². The van der Waals surface area contributed by atoms with Crippen LogP contribution in [0, 0.1) is 39.2 Å². The lowest BCUT2D eigenvalue weighted by atomic mass is 10.2. The monoisotopic (exact) mass is 556 g/mol. The fourth-order valence-corrected chi connectivity index (χ4v) is 4.19. The molecule has 1 N–H and O–H groups in total. The van der Waals surface area contributed by atoms with Crippen LogP contribution in [0.5, 0.6) is 5.75 Å². The molecule has 1 fully saturated rings. The molecule has 0 unspecified atom stereocenters. The van der Waals surface area contributed by atoms with Gasteiger partial charge in [-0.1, -0.05) is 11.6 Å². The lowest BCUT2D eigenvalue weighted by Crippen LogP contribution is -2.47. The standard InChI is InChI=1S/C24H18ClF5N4O4/c25-16-11-13(31-18(35)12-38-15-4-2-14(3-5-15)34(36)37)1-6-17(16)32-7-9-33(10-8-32)24-22(29)20(27)19(26)21(28)23(24)30/h1-6,11H,7-10,12H2,(H,31,35). The summed E-state index contributed by atoms with van der Waals surface area (Å²) in [5.74, 6) is -10.2. The molecule has 1 heterocycles. The lowest BCUT2D eigenvalue weighted by Gasteiger charge is -2.38. The Balaban J connectivity index is 1.35. The van der Waals surface area contributed by atoms with Crippen LogP contribution in [0.25, 0.3) is 0 Å². The van der Waals surface area contributed by atoms with E-state index in [9.17, 15) is 36.9 Å². The van der Waals surface area contributed by atoms with Gasteiger partial charge in [-0.2, -0.15) is 0 Å². The summed E-state index contributed by atoms with van der Waals surface area (Å²) in [6.07, 6.45) is 0. The lowest BCUT2D eigenvalue weighted by molar-refractivity contribution is -0.384. The third kappa shape index (κ3) is 5.57. The number of rotatable bonds is 7. The van der Waals surface area contributed by atoms with E-state index < -0.39 is 45.6 Å². The van der Waals surface area contributed by atoms with Crippen LogP contribution in [0.4, 0.5) is 44.7 Å². The molecule has 0 bridgehead atoms. The van der Waals surface area contributed by atoms with Gasteiger partial charge in [-0.3, -0.25) is 14.9 Å². The van der Waals surface area contributed by atoms with Crippen molar-refractivity contribution in [3.63, 3.8) is 0 Å². The Morgan fingerprint density at radius 2 is 1.45 bits per heavy atom. The SMILES string of the molecule is O=C(COc1ccc([N+](=O)[O-])cc1)Nc1ccc(N2CCN(c3c(F)c(F)c(F)c(F)c3F)CC2)c(Cl)c1.